The zero-order chi connectivity index (χ0) is 15.7. The fraction of sp³-hybridized carbons (Fsp3) is 0.0625. The van der Waals surface area contributed by atoms with E-state index in [1.54, 1.807) is 31.4 Å². The van der Waals surface area contributed by atoms with Gasteiger partial charge in [-0.15, -0.1) is 0 Å². The maximum Gasteiger partial charge on any atom is 0.272 e. The molecule has 0 atom stereocenters. The zero-order valence-corrected chi connectivity index (χ0v) is 11.6. The second kappa shape index (κ2) is 5.48. The number of halogens is 2. The smallest absolute Gasteiger partial charge is 0.272 e. The summed E-state index contributed by atoms with van der Waals surface area (Å²) in [6.45, 7) is 0. The van der Waals surface area contributed by atoms with Crippen LogP contribution in [-0.2, 0) is 0 Å². The third kappa shape index (κ3) is 2.50. The van der Waals surface area contributed by atoms with E-state index in [-0.39, 0.29) is 5.69 Å². The first-order valence-electron chi connectivity index (χ1n) is 6.50. The number of ether oxygens (including phenoxy) is 1. The molecule has 0 aliphatic heterocycles. The van der Waals surface area contributed by atoms with Crippen LogP contribution in [0.3, 0.4) is 0 Å². The van der Waals surface area contributed by atoms with Crippen molar-refractivity contribution in [1.82, 2.24) is 4.98 Å². The van der Waals surface area contributed by atoms with Crippen molar-refractivity contribution in [2.24, 2.45) is 0 Å². The van der Waals surface area contributed by atoms with Gasteiger partial charge in [-0.2, -0.15) is 0 Å². The SMILES string of the molecule is COc1ccc2[nH]c(C(=O)Nc3c(F)cccc3F)cc2c1. The Hall–Kier alpha value is -2.89. The van der Waals surface area contributed by atoms with Gasteiger partial charge in [-0.3, -0.25) is 4.79 Å². The van der Waals surface area contributed by atoms with Gasteiger partial charge in [0.1, 0.15) is 28.8 Å². The van der Waals surface area contributed by atoms with Crippen LogP contribution in [0, 0.1) is 11.6 Å². The van der Waals surface area contributed by atoms with Gasteiger partial charge in [0, 0.05) is 10.9 Å². The van der Waals surface area contributed by atoms with Crippen LogP contribution in [0.25, 0.3) is 10.9 Å². The fourth-order valence-corrected chi connectivity index (χ4v) is 2.16. The van der Waals surface area contributed by atoms with Crippen molar-refractivity contribution >= 4 is 22.5 Å². The molecule has 6 heteroatoms. The van der Waals surface area contributed by atoms with Crippen molar-refractivity contribution in [2.45, 2.75) is 0 Å². The molecule has 112 valence electrons. The molecule has 0 aliphatic rings. The van der Waals surface area contributed by atoms with Crippen LogP contribution in [0.4, 0.5) is 14.5 Å². The first kappa shape index (κ1) is 14.1. The van der Waals surface area contributed by atoms with Gasteiger partial charge in [0.25, 0.3) is 5.91 Å². The highest BCUT2D eigenvalue weighted by atomic mass is 19.1. The van der Waals surface area contributed by atoms with Crippen LogP contribution < -0.4 is 10.1 Å². The first-order chi connectivity index (χ1) is 10.6. The summed E-state index contributed by atoms with van der Waals surface area (Å²) in [4.78, 5) is 15.0. The lowest BCUT2D eigenvalue weighted by molar-refractivity contribution is 0.102. The van der Waals surface area contributed by atoms with Crippen molar-refractivity contribution in [3.63, 3.8) is 0 Å². The monoisotopic (exact) mass is 302 g/mol. The minimum Gasteiger partial charge on any atom is -0.497 e. The molecule has 4 nitrogen and oxygen atoms in total. The largest absolute Gasteiger partial charge is 0.497 e. The number of carbonyl (C=O) groups excluding carboxylic acids is 1. The molecule has 0 bridgehead atoms. The van der Waals surface area contributed by atoms with Gasteiger partial charge >= 0.3 is 0 Å². The van der Waals surface area contributed by atoms with E-state index >= 15 is 0 Å². The summed E-state index contributed by atoms with van der Waals surface area (Å²) >= 11 is 0. The maximum atomic E-state index is 13.5. The molecule has 1 heterocycles. The summed E-state index contributed by atoms with van der Waals surface area (Å²) < 4.78 is 32.2. The topological polar surface area (TPSA) is 54.1 Å². The zero-order valence-electron chi connectivity index (χ0n) is 11.6. The molecular formula is C16H12F2N2O2. The number of nitrogens with one attached hydrogen (secondary N) is 2. The number of fused-ring (bicyclic) bond motifs is 1. The van der Waals surface area contributed by atoms with E-state index in [4.69, 9.17) is 4.74 Å². The lowest BCUT2D eigenvalue weighted by Crippen LogP contribution is -2.14. The molecule has 0 unspecified atom stereocenters. The summed E-state index contributed by atoms with van der Waals surface area (Å²) in [6.07, 6.45) is 0. The summed E-state index contributed by atoms with van der Waals surface area (Å²) in [7, 11) is 1.54. The summed E-state index contributed by atoms with van der Waals surface area (Å²) in [6, 6.07) is 10.2. The molecule has 0 saturated carbocycles. The minimum atomic E-state index is -0.828. The Labute approximate surface area is 124 Å². The Bertz CT molecular complexity index is 838. The minimum absolute atomic E-state index is 0.200. The van der Waals surface area contributed by atoms with Crippen LogP contribution in [0.15, 0.2) is 42.5 Å². The average Bonchev–Trinajstić information content (AvgIpc) is 2.94. The lowest BCUT2D eigenvalue weighted by Gasteiger charge is -2.05. The second-order valence-electron chi connectivity index (χ2n) is 4.69. The first-order valence-corrected chi connectivity index (χ1v) is 6.50. The van der Waals surface area contributed by atoms with Crippen molar-refractivity contribution in [3.8, 4) is 5.75 Å². The Morgan fingerprint density at radius 1 is 1.14 bits per heavy atom. The Balaban J connectivity index is 1.92. The molecule has 0 spiro atoms. The quantitative estimate of drug-likeness (QED) is 0.775. The molecule has 1 amide bonds. The normalized spacial score (nSPS) is 10.7. The Kier molecular flexibility index (Phi) is 3.50. The number of para-hydroxylation sites is 1. The van der Waals surface area contributed by atoms with E-state index in [2.05, 4.69) is 10.3 Å². The number of methoxy groups -OCH3 is 1. The number of H-pyrrole nitrogens is 1. The molecule has 3 aromatic rings. The van der Waals surface area contributed by atoms with Crippen molar-refractivity contribution in [3.05, 3.63) is 59.8 Å². The van der Waals surface area contributed by atoms with Crippen LogP contribution in [0.1, 0.15) is 10.5 Å². The van der Waals surface area contributed by atoms with E-state index in [0.29, 0.717) is 5.75 Å². The number of amides is 1. The number of rotatable bonds is 3. The van der Waals surface area contributed by atoms with Crippen molar-refractivity contribution in [1.29, 1.82) is 0 Å². The fourth-order valence-electron chi connectivity index (χ4n) is 2.16. The van der Waals surface area contributed by atoms with Crippen LogP contribution >= 0.6 is 0 Å². The number of aromatic nitrogens is 1. The molecule has 0 radical (unpaired) electrons. The predicted octanol–water partition coefficient (Wildman–Crippen LogP) is 3.71. The van der Waals surface area contributed by atoms with E-state index < -0.39 is 23.2 Å². The highest BCUT2D eigenvalue weighted by Crippen LogP contribution is 2.23. The summed E-state index contributed by atoms with van der Waals surface area (Å²) in [5, 5.41) is 3.00. The highest BCUT2D eigenvalue weighted by Gasteiger charge is 2.15. The van der Waals surface area contributed by atoms with E-state index in [9.17, 15) is 13.6 Å². The summed E-state index contributed by atoms with van der Waals surface area (Å²) in [5.74, 6) is -1.63. The standard InChI is InChI=1S/C16H12F2N2O2/c1-22-10-5-6-13-9(7-10)8-14(19-13)16(21)20-15-11(17)3-2-4-12(15)18/h2-8,19H,1H3,(H,20,21). The van der Waals surface area contributed by atoms with Gasteiger partial charge in [-0.25, -0.2) is 8.78 Å². The third-order valence-electron chi connectivity index (χ3n) is 3.27. The molecule has 0 aliphatic carbocycles. The Morgan fingerprint density at radius 2 is 1.86 bits per heavy atom. The van der Waals surface area contributed by atoms with Crippen molar-refractivity contribution < 1.29 is 18.3 Å². The van der Waals surface area contributed by atoms with E-state index in [1.165, 1.54) is 6.07 Å². The average molecular weight is 302 g/mol. The molecule has 0 saturated heterocycles. The Morgan fingerprint density at radius 3 is 2.55 bits per heavy atom. The molecule has 22 heavy (non-hydrogen) atoms. The van der Waals surface area contributed by atoms with Gasteiger partial charge in [0.05, 0.1) is 7.11 Å². The molecule has 1 aromatic heterocycles. The van der Waals surface area contributed by atoms with Crippen molar-refractivity contribution in [2.75, 3.05) is 12.4 Å². The molecule has 2 aromatic carbocycles. The number of hydrogen-bond acceptors (Lipinski definition) is 2. The van der Waals surface area contributed by atoms with Crippen LogP contribution in [-0.4, -0.2) is 18.0 Å². The van der Waals surface area contributed by atoms with Gasteiger partial charge in [-0.05, 0) is 36.4 Å². The van der Waals surface area contributed by atoms with Gasteiger partial charge in [-0.1, -0.05) is 6.07 Å². The molecule has 3 rings (SSSR count). The number of carbonyl (C=O) groups is 1. The number of anilines is 1. The number of hydrogen-bond donors (Lipinski definition) is 2. The lowest BCUT2D eigenvalue weighted by atomic mass is 10.2. The van der Waals surface area contributed by atoms with Crippen LogP contribution in [0.2, 0.25) is 0 Å². The molecule has 0 fully saturated rings. The highest BCUT2D eigenvalue weighted by molar-refractivity contribution is 6.06. The van der Waals surface area contributed by atoms with E-state index in [1.807, 2.05) is 0 Å². The third-order valence-corrected chi connectivity index (χ3v) is 3.27. The van der Waals surface area contributed by atoms with Gasteiger partial charge in [0.2, 0.25) is 0 Å². The summed E-state index contributed by atoms with van der Waals surface area (Å²) in [5.41, 5.74) is 0.453. The predicted molar refractivity (Wildman–Crippen MR) is 79.2 cm³/mol. The molecule has 2 N–H and O–H groups in total. The van der Waals surface area contributed by atoms with Gasteiger partial charge in [0.15, 0.2) is 0 Å². The number of benzene rings is 2. The second-order valence-corrected chi connectivity index (χ2v) is 4.69. The number of aromatic amines is 1. The van der Waals surface area contributed by atoms with Gasteiger partial charge < -0.3 is 15.0 Å². The van der Waals surface area contributed by atoms with Crippen LogP contribution in [0.5, 0.6) is 5.75 Å². The van der Waals surface area contributed by atoms with E-state index in [0.717, 1.165) is 23.0 Å². The molecular weight excluding hydrogens is 290 g/mol. The maximum absolute atomic E-state index is 13.5.